The first-order valence-corrected chi connectivity index (χ1v) is 15.8. The van der Waals surface area contributed by atoms with Crippen molar-refractivity contribution in [3.05, 3.63) is 142 Å². The summed E-state index contributed by atoms with van der Waals surface area (Å²) in [6, 6.07) is 32.5. The maximum absolute atomic E-state index is 13.5. The molecule has 0 aliphatic rings. The molecular formula is C38H33N7O5. The molecular weight excluding hydrogens is 634 g/mol. The van der Waals surface area contributed by atoms with Crippen molar-refractivity contribution in [1.82, 2.24) is 9.97 Å². The highest BCUT2D eigenvalue weighted by molar-refractivity contribution is 6.13. The number of nitro groups is 1. The van der Waals surface area contributed by atoms with Crippen LogP contribution in [0.4, 0.5) is 34.6 Å². The molecule has 1 amide bonds. The van der Waals surface area contributed by atoms with Crippen LogP contribution in [0.15, 0.2) is 114 Å². The van der Waals surface area contributed by atoms with Gasteiger partial charge in [0.25, 0.3) is 5.91 Å². The van der Waals surface area contributed by atoms with Crippen LogP contribution in [0.25, 0.3) is 10.8 Å². The summed E-state index contributed by atoms with van der Waals surface area (Å²) in [7, 11) is 0. The van der Waals surface area contributed by atoms with Crippen molar-refractivity contribution < 1.29 is 19.6 Å². The predicted molar refractivity (Wildman–Crippen MR) is 195 cm³/mol. The van der Waals surface area contributed by atoms with Gasteiger partial charge in [0, 0.05) is 29.7 Å². The van der Waals surface area contributed by atoms with Crippen LogP contribution in [-0.4, -0.2) is 38.7 Å². The number of anilines is 4. The van der Waals surface area contributed by atoms with Gasteiger partial charge in [-0.2, -0.15) is 9.97 Å². The number of phenols is 1. The smallest absolute Gasteiger partial charge is 0.355 e. The van der Waals surface area contributed by atoms with Crippen molar-refractivity contribution in [2.24, 2.45) is 4.99 Å². The molecule has 0 saturated heterocycles. The Morgan fingerprint density at radius 1 is 0.960 bits per heavy atom. The van der Waals surface area contributed by atoms with Crippen molar-refractivity contribution in [2.45, 2.75) is 20.4 Å². The zero-order valence-electron chi connectivity index (χ0n) is 27.3. The van der Waals surface area contributed by atoms with E-state index in [-0.39, 0.29) is 41.0 Å². The minimum atomic E-state index is -0.606. The van der Waals surface area contributed by atoms with E-state index < -0.39 is 16.5 Å². The number of aliphatic imine (C=N–C) groups is 1. The fraction of sp³-hybridized carbons (Fsp3) is 0.105. The minimum absolute atomic E-state index is 0.00802. The van der Waals surface area contributed by atoms with Gasteiger partial charge in [-0.25, -0.2) is 4.99 Å². The summed E-state index contributed by atoms with van der Waals surface area (Å²) in [5.74, 6) is -0.477. The molecule has 50 heavy (non-hydrogen) atoms. The van der Waals surface area contributed by atoms with E-state index in [2.05, 4.69) is 30.9 Å². The number of nitrogens with one attached hydrogen (secondary N) is 3. The number of phenolic OH excluding ortho intramolecular Hbond substituents is 1. The summed E-state index contributed by atoms with van der Waals surface area (Å²) in [5.41, 5.74) is 2.67. The summed E-state index contributed by atoms with van der Waals surface area (Å²) in [6.07, 6.45) is 1.28. The number of aromatic nitrogens is 2. The third-order valence-corrected chi connectivity index (χ3v) is 7.79. The van der Waals surface area contributed by atoms with Crippen LogP contribution in [-0.2, 0) is 6.54 Å². The summed E-state index contributed by atoms with van der Waals surface area (Å²) >= 11 is 0. The van der Waals surface area contributed by atoms with Gasteiger partial charge in [0.15, 0.2) is 0 Å². The average Bonchev–Trinajstić information content (AvgIpc) is 3.12. The van der Waals surface area contributed by atoms with Crippen molar-refractivity contribution >= 4 is 57.5 Å². The number of nitrogens with zero attached hydrogens (tertiary/aromatic N) is 4. The number of carbonyl (C=O) groups excluding carboxylic acids is 1. The molecule has 12 nitrogen and oxygen atoms in total. The third-order valence-electron chi connectivity index (χ3n) is 7.79. The molecule has 1 heterocycles. The Balaban J connectivity index is 1.43. The molecule has 12 heteroatoms. The monoisotopic (exact) mass is 667 g/mol. The molecule has 0 bridgehead atoms. The van der Waals surface area contributed by atoms with Crippen LogP contribution in [0.1, 0.15) is 34.0 Å². The number of fused-ring (bicyclic) bond motifs is 1. The first-order chi connectivity index (χ1) is 24.3. The van der Waals surface area contributed by atoms with Crippen molar-refractivity contribution in [3.8, 4) is 11.5 Å². The second-order valence-corrected chi connectivity index (χ2v) is 11.2. The predicted octanol–water partition coefficient (Wildman–Crippen LogP) is 8.31. The van der Waals surface area contributed by atoms with E-state index in [0.717, 1.165) is 11.1 Å². The van der Waals surface area contributed by atoms with E-state index >= 15 is 0 Å². The number of carbonyl (C=O) groups is 1. The van der Waals surface area contributed by atoms with Crippen molar-refractivity contribution in [2.75, 3.05) is 22.6 Å². The molecule has 0 aliphatic heterocycles. The van der Waals surface area contributed by atoms with Crippen molar-refractivity contribution in [1.29, 1.82) is 0 Å². The minimum Gasteiger partial charge on any atom is -0.506 e. The largest absolute Gasteiger partial charge is 0.506 e. The molecule has 0 saturated carbocycles. The number of aromatic hydroxyl groups is 1. The van der Waals surface area contributed by atoms with Crippen LogP contribution in [0.3, 0.4) is 0 Å². The molecule has 0 aliphatic carbocycles. The van der Waals surface area contributed by atoms with Gasteiger partial charge in [0.2, 0.25) is 17.6 Å². The van der Waals surface area contributed by atoms with Gasteiger partial charge < -0.3 is 25.8 Å². The number of amides is 1. The molecule has 250 valence electrons. The quantitative estimate of drug-likeness (QED) is 0.0571. The van der Waals surface area contributed by atoms with E-state index in [1.807, 2.05) is 62.4 Å². The van der Waals surface area contributed by atoms with E-state index in [1.54, 1.807) is 60.7 Å². The Bertz CT molecular complexity index is 2210. The number of rotatable bonds is 12. The van der Waals surface area contributed by atoms with E-state index in [4.69, 9.17) is 4.74 Å². The molecule has 0 fully saturated rings. The Morgan fingerprint density at radius 2 is 1.68 bits per heavy atom. The molecule has 1 aromatic heterocycles. The van der Waals surface area contributed by atoms with E-state index in [0.29, 0.717) is 34.5 Å². The summed E-state index contributed by atoms with van der Waals surface area (Å²) < 4.78 is 5.53. The van der Waals surface area contributed by atoms with Crippen LogP contribution in [0.5, 0.6) is 11.5 Å². The maximum Gasteiger partial charge on any atom is 0.355 e. The summed E-state index contributed by atoms with van der Waals surface area (Å²) in [4.78, 5) is 38.7. The molecule has 0 spiro atoms. The lowest BCUT2D eigenvalue weighted by molar-refractivity contribution is -0.383. The standard InChI is InChI=1S/C38H33N7O5/c1-3-50-28-19-17-27(18-20-28)41-38-43-35(39-22-25-12-5-4-6-13-25)33(45(48)49)36(44-38)40-23-31-29-15-9-8-14-26(29)21-30(34(31)46)37(47)42-32-16-10-7-11-24(32)2/h4-21,23,46H,3,22H2,1-2H3,(H,42,47)(H2,39,41,43,44). The molecule has 4 N–H and O–H groups in total. The molecule has 5 aromatic carbocycles. The number of aryl methyl sites for hydroxylation is 1. The Morgan fingerprint density at radius 3 is 2.42 bits per heavy atom. The second-order valence-electron chi connectivity index (χ2n) is 11.2. The maximum atomic E-state index is 13.5. The highest BCUT2D eigenvalue weighted by atomic mass is 16.6. The van der Waals surface area contributed by atoms with Crippen LogP contribution in [0, 0.1) is 17.0 Å². The SMILES string of the molecule is CCOc1ccc(Nc2nc(N=Cc3c(O)c(C(=O)Nc4ccccc4C)cc4ccccc34)c([N+](=O)[O-])c(NCc3ccccc3)n2)cc1. The van der Waals surface area contributed by atoms with Crippen molar-refractivity contribution in [3.63, 3.8) is 0 Å². The van der Waals surface area contributed by atoms with Gasteiger partial charge in [-0.15, -0.1) is 0 Å². The third kappa shape index (κ3) is 7.50. The summed E-state index contributed by atoms with van der Waals surface area (Å²) in [6.45, 7) is 4.52. The molecule has 0 unspecified atom stereocenters. The molecule has 6 rings (SSSR count). The molecule has 0 radical (unpaired) electrons. The fourth-order valence-electron chi connectivity index (χ4n) is 5.29. The number of benzene rings is 5. The van der Waals surface area contributed by atoms with Crippen LogP contribution in [0.2, 0.25) is 0 Å². The topological polar surface area (TPSA) is 164 Å². The summed E-state index contributed by atoms with van der Waals surface area (Å²) in [5, 5.41) is 34.3. The lowest BCUT2D eigenvalue weighted by atomic mass is 9.99. The molecule has 6 aromatic rings. The number of ether oxygens (including phenoxy) is 1. The number of hydrogen-bond donors (Lipinski definition) is 4. The van der Waals surface area contributed by atoms with Crippen LogP contribution < -0.4 is 20.7 Å². The normalized spacial score (nSPS) is 11.0. The Kier molecular flexibility index (Phi) is 9.89. The van der Waals surface area contributed by atoms with Gasteiger partial charge >= 0.3 is 5.69 Å². The Labute approximate surface area is 287 Å². The first-order valence-electron chi connectivity index (χ1n) is 15.8. The highest BCUT2D eigenvalue weighted by Crippen LogP contribution is 2.36. The number of para-hydroxylation sites is 1. The molecule has 0 atom stereocenters. The van der Waals surface area contributed by atoms with Crippen LogP contribution >= 0.6 is 0 Å². The first kappa shape index (κ1) is 33.1. The highest BCUT2D eigenvalue weighted by Gasteiger charge is 2.26. The second kappa shape index (κ2) is 14.9. The number of hydrogen-bond acceptors (Lipinski definition) is 10. The van der Waals surface area contributed by atoms with E-state index in [9.17, 15) is 20.0 Å². The van der Waals surface area contributed by atoms with E-state index in [1.165, 1.54) is 6.21 Å². The fourth-order valence-corrected chi connectivity index (χ4v) is 5.29. The lowest BCUT2D eigenvalue weighted by Gasteiger charge is -2.13. The van der Waals surface area contributed by atoms with Gasteiger partial charge in [-0.3, -0.25) is 14.9 Å². The van der Waals surface area contributed by atoms with Gasteiger partial charge in [-0.05, 0) is 72.1 Å². The zero-order chi connectivity index (χ0) is 35.0. The van der Waals surface area contributed by atoms with Gasteiger partial charge in [-0.1, -0.05) is 72.8 Å². The zero-order valence-corrected chi connectivity index (χ0v) is 27.3. The average molecular weight is 668 g/mol. The lowest BCUT2D eigenvalue weighted by Crippen LogP contribution is -2.13. The van der Waals surface area contributed by atoms with Gasteiger partial charge in [0.1, 0.15) is 11.5 Å². The Hall–Kier alpha value is -6.82. The van der Waals surface area contributed by atoms with Gasteiger partial charge in [0.05, 0.1) is 17.1 Å².